The van der Waals surface area contributed by atoms with Crippen molar-refractivity contribution in [3.05, 3.63) is 48.4 Å². The molecule has 2 aliphatic heterocycles. The SMILES string of the molecule is CC1CN(c2ccncc2NC(=O)c2nc3cc(N4CCOCC4)ccc3cc2NC(=O)O)CC(NC(=O)OC(C)(C)C)C1O[Si](C)(C)C(C)(C)C. The predicted molar refractivity (Wildman–Crippen MR) is 205 cm³/mol. The van der Waals surface area contributed by atoms with Gasteiger partial charge in [0.15, 0.2) is 14.0 Å². The zero-order valence-electron chi connectivity index (χ0n) is 31.7. The van der Waals surface area contributed by atoms with Crippen molar-refractivity contribution in [1.82, 2.24) is 15.3 Å². The molecule has 282 valence electrons. The molecule has 0 bridgehead atoms. The molecule has 2 fully saturated rings. The number of rotatable bonds is 8. The van der Waals surface area contributed by atoms with Gasteiger partial charge in [-0.25, -0.2) is 14.6 Å². The van der Waals surface area contributed by atoms with Crippen LogP contribution in [0.5, 0.6) is 0 Å². The van der Waals surface area contributed by atoms with Crippen LogP contribution in [-0.4, -0.2) is 98.6 Å². The van der Waals surface area contributed by atoms with Crippen molar-refractivity contribution in [2.24, 2.45) is 5.92 Å². The molecule has 5 rings (SSSR count). The number of nitrogens with zero attached hydrogens (tertiary/aromatic N) is 4. The minimum Gasteiger partial charge on any atom is -0.465 e. The topological polar surface area (TPSA) is 167 Å². The lowest BCUT2D eigenvalue weighted by Gasteiger charge is -2.48. The van der Waals surface area contributed by atoms with Crippen molar-refractivity contribution in [1.29, 1.82) is 0 Å². The molecule has 2 aliphatic rings. The molecule has 2 saturated heterocycles. The third-order valence-electron chi connectivity index (χ3n) is 9.84. The van der Waals surface area contributed by atoms with Gasteiger partial charge in [0, 0.05) is 49.4 Å². The first-order valence-corrected chi connectivity index (χ1v) is 20.7. The second-order valence-electron chi connectivity index (χ2n) is 16.1. The highest BCUT2D eigenvalue weighted by Crippen LogP contribution is 2.40. The number of hydrogen-bond donors (Lipinski definition) is 4. The van der Waals surface area contributed by atoms with E-state index in [-0.39, 0.29) is 28.4 Å². The maximum absolute atomic E-state index is 14.0. The second kappa shape index (κ2) is 15.2. The summed E-state index contributed by atoms with van der Waals surface area (Å²) < 4.78 is 18.1. The number of morpholine rings is 1. The molecule has 0 radical (unpaired) electrons. The number of pyridine rings is 2. The fourth-order valence-corrected chi connectivity index (χ4v) is 7.69. The molecule has 0 spiro atoms. The Morgan fingerprint density at radius 1 is 0.962 bits per heavy atom. The van der Waals surface area contributed by atoms with Gasteiger partial charge in [-0.15, -0.1) is 0 Å². The van der Waals surface area contributed by atoms with Crippen LogP contribution in [0, 0.1) is 5.92 Å². The second-order valence-corrected chi connectivity index (χ2v) is 20.9. The number of fused-ring (bicyclic) bond motifs is 1. The minimum atomic E-state index is -2.24. The number of alkyl carbamates (subject to hydrolysis) is 1. The standard InChI is InChI=1S/C37H53N7O7Si/c1-23-21-44(22-29(42-35(48)50-36(2,3)4)32(23)51-52(8,9)37(5,6)7)30-12-13-38-20-28(30)40-33(45)31-27(41-34(46)47)18-24-10-11-25(19-26(24)39-31)43-14-16-49-17-15-43/h10-13,18-20,23,29,32,41H,14-17,21-22H2,1-9H3,(H,40,45)(H,42,48)(H,46,47). The third-order valence-corrected chi connectivity index (χ3v) is 14.3. The molecule has 14 nitrogen and oxygen atoms in total. The van der Waals surface area contributed by atoms with E-state index in [9.17, 15) is 19.5 Å². The average Bonchev–Trinajstić information content (AvgIpc) is 3.04. The Hall–Kier alpha value is -4.47. The van der Waals surface area contributed by atoms with Gasteiger partial charge in [-0.3, -0.25) is 15.1 Å². The summed E-state index contributed by atoms with van der Waals surface area (Å²) in [6, 6.07) is 8.70. The van der Waals surface area contributed by atoms with Crippen LogP contribution >= 0.6 is 0 Å². The highest BCUT2D eigenvalue weighted by Gasteiger charge is 2.45. The summed E-state index contributed by atoms with van der Waals surface area (Å²) in [6.45, 7) is 22.2. The van der Waals surface area contributed by atoms with Gasteiger partial charge in [-0.1, -0.05) is 33.8 Å². The molecule has 0 saturated carbocycles. The Morgan fingerprint density at radius 3 is 2.33 bits per heavy atom. The molecule has 3 atom stereocenters. The van der Waals surface area contributed by atoms with Crippen molar-refractivity contribution in [3.8, 4) is 0 Å². The van der Waals surface area contributed by atoms with Crippen molar-refractivity contribution in [2.45, 2.75) is 84.3 Å². The van der Waals surface area contributed by atoms with Gasteiger partial charge in [0.25, 0.3) is 5.91 Å². The minimum absolute atomic E-state index is 0.0197. The predicted octanol–water partition coefficient (Wildman–Crippen LogP) is 6.55. The number of ether oxygens (including phenoxy) is 2. The molecule has 15 heteroatoms. The number of benzene rings is 1. The van der Waals surface area contributed by atoms with Gasteiger partial charge in [0.1, 0.15) is 5.60 Å². The fourth-order valence-electron chi connectivity index (χ4n) is 6.26. The smallest absolute Gasteiger partial charge is 0.409 e. The van der Waals surface area contributed by atoms with Gasteiger partial charge in [-0.2, -0.15) is 0 Å². The lowest BCUT2D eigenvalue weighted by atomic mass is 9.92. The van der Waals surface area contributed by atoms with Crippen molar-refractivity contribution >= 4 is 60.1 Å². The van der Waals surface area contributed by atoms with E-state index in [0.717, 1.165) is 18.8 Å². The van der Waals surface area contributed by atoms with Gasteiger partial charge in [0.2, 0.25) is 0 Å². The summed E-state index contributed by atoms with van der Waals surface area (Å²) in [4.78, 5) is 52.2. The quantitative estimate of drug-likeness (QED) is 0.185. The van der Waals surface area contributed by atoms with Crippen molar-refractivity contribution < 1.29 is 33.4 Å². The van der Waals surface area contributed by atoms with Crippen LogP contribution < -0.4 is 25.8 Å². The first kappa shape index (κ1) is 38.8. The molecule has 4 N–H and O–H groups in total. The van der Waals surface area contributed by atoms with E-state index >= 15 is 0 Å². The molecular formula is C37H53N7O7Si. The number of carbonyl (C=O) groups excluding carboxylic acids is 2. The fraction of sp³-hybridized carbons (Fsp3) is 0.541. The lowest BCUT2D eigenvalue weighted by Crippen LogP contribution is -2.63. The third kappa shape index (κ3) is 9.30. The number of carboxylic acid groups (broad SMARTS) is 1. The van der Waals surface area contributed by atoms with Crippen LogP contribution in [0.4, 0.5) is 32.3 Å². The van der Waals surface area contributed by atoms with E-state index in [4.69, 9.17) is 13.9 Å². The summed E-state index contributed by atoms with van der Waals surface area (Å²) in [5.74, 6) is -0.627. The van der Waals surface area contributed by atoms with E-state index < -0.39 is 38.1 Å². The number of amides is 3. The van der Waals surface area contributed by atoms with Crippen molar-refractivity contribution in [3.63, 3.8) is 0 Å². The summed E-state index contributed by atoms with van der Waals surface area (Å²) in [6.07, 6.45) is 1.06. The number of piperidine rings is 1. The number of hydrogen-bond acceptors (Lipinski definition) is 10. The van der Waals surface area contributed by atoms with E-state index in [2.05, 4.69) is 76.5 Å². The molecule has 0 aliphatic carbocycles. The zero-order valence-corrected chi connectivity index (χ0v) is 32.7. The Labute approximate surface area is 306 Å². The summed E-state index contributed by atoms with van der Waals surface area (Å²) in [7, 11) is -2.24. The summed E-state index contributed by atoms with van der Waals surface area (Å²) in [5.41, 5.74) is 1.87. The maximum atomic E-state index is 14.0. The highest BCUT2D eigenvalue weighted by molar-refractivity contribution is 6.74. The Balaban J connectivity index is 1.45. The summed E-state index contributed by atoms with van der Waals surface area (Å²) in [5, 5.41) is 18.6. The monoisotopic (exact) mass is 735 g/mol. The number of carbonyl (C=O) groups is 3. The Bertz CT molecular complexity index is 1790. The number of anilines is 4. The van der Waals surface area contributed by atoms with Gasteiger partial charge < -0.3 is 39.4 Å². The van der Waals surface area contributed by atoms with Crippen LogP contribution in [0.2, 0.25) is 18.1 Å². The zero-order chi connectivity index (χ0) is 38.0. The Morgan fingerprint density at radius 2 is 1.67 bits per heavy atom. The van der Waals surface area contributed by atoms with E-state index in [1.54, 1.807) is 24.5 Å². The summed E-state index contributed by atoms with van der Waals surface area (Å²) >= 11 is 0. The molecular weight excluding hydrogens is 683 g/mol. The molecule has 3 aromatic rings. The molecule has 1 aromatic carbocycles. The first-order chi connectivity index (χ1) is 24.3. The van der Waals surface area contributed by atoms with E-state index in [0.29, 0.717) is 48.6 Å². The van der Waals surface area contributed by atoms with Crippen LogP contribution in [0.3, 0.4) is 0 Å². The normalized spacial score (nSPS) is 20.0. The van der Waals surface area contributed by atoms with Crippen LogP contribution in [0.25, 0.3) is 10.9 Å². The van der Waals surface area contributed by atoms with Gasteiger partial charge >= 0.3 is 12.2 Å². The molecule has 2 aromatic heterocycles. The van der Waals surface area contributed by atoms with Crippen molar-refractivity contribution in [2.75, 3.05) is 59.8 Å². The first-order valence-electron chi connectivity index (χ1n) is 17.8. The van der Waals surface area contributed by atoms with Crippen LogP contribution in [0.1, 0.15) is 59.0 Å². The molecule has 52 heavy (non-hydrogen) atoms. The van der Waals surface area contributed by atoms with Crippen LogP contribution in [0.15, 0.2) is 42.7 Å². The van der Waals surface area contributed by atoms with Crippen LogP contribution in [-0.2, 0) is 13.9 Å². The molecule has 3 unspecified atom stereocenters. The lowest BCUT2D eigenvalue weighted by molar-refractivity contribution is 0.0336. The molecule has 4 heterocycles. The van der Waals surface area contributed by atoms with Gasteiger partial charge in [-0.05, 0) is 63.2 Å². The van der Waals surface area contributed by atoms with E-state index in [1.807, 2.05) is 39.0 Å². The number of nitrogens with one attached hydrogen (secondary N) is 3. The maximum Gasteiger partial charge on any atom is 0.409 e. The number of aromatic nitrogens is 2. The van der Waals surface area contributed by atoms with Gasteiger partial charge in [0.05, 0.1) is 54.1 Å². The Kier molecular flexibility index (Phi) is 11.4. The molecule has 3 amide bonds. The average molecular weight is 736 g/mol. The highest BCUT2D eigenvalue weighted by atomic mass is 28.4. The largest absolute Gasteiger partial charge is 0.465 e. The van der Waals surface area contributed by atoms with E-state index in [1.165, 1.54) is 0 Å².